The molecule has 3 rings (SSSR count). The third kappa shape index (κ3) is 2.37. The fourth-order valence-electron chi connectivity index (χ4n) is 2.66. The molecule has 0 aliphatic heterocycles. The summed E-state index contributed by atoms with van der Waals surface area (Å²) in [4.78, 5) is 0. The largest absolute Gasteiger partial charge is 0.245 e. The van der Waals surface area contributed by atoms with E-state index in [1.165, 1.54) is 12.1 Å². The fourth-order valence-corrected chi connectivity index (χ4v) is 2.66. The van der Waals surface area contributed by atoms with Crippen molar-refractivity contribution in [1.82, 2.24) is 15.0 Å². The van der Waals surface area contributed by atoms with Crippen molar-refractivity contribution in [3.8, 4) is 6.07 Å². The quantitative estimate of drug-likeness (QED) is 0.824. The number of benzene rings is 1. The van der Waals surface area contributed by atoms with Gasteiger partial charge < -0.3 is 0 Å². The molecule has 4 heteroatoms. The third-order valence-electron chi connectivity index (χ3n) is 3.72. The summed E-state index contributed by atoms with van der Waals surface area (Å²) in [6.07, 6.45) is 3.30. The van der Waals surface area contributed by atoms with Crippen LogP contribution >= 0.6 is 0 Å². The summed E-state index contributed by atoms with van der Waals surface area (Å²) in [5.74, 6) is 0.708. The number of hydrogen-bond acceptors (Lipinski definition) is 3. The predicted molar refractivity (Wildman–Crippen MR) is 71.5 cm³/mol. The van der Waals surface area contributed by atoms with Gasteiger partial charge in [-0.3, -0.25) is 0 Å². The smallest absolute Gasteiger partial charge is 0.0991 e. The monoisotopic (exact) mass is 252 g/mol. The topological polar surface area (TPSA) is 54.5 Å². The van der Waals surface area contributed by atoms with E-state index < -0.39 is 0 Å². The number of fused-ring (bicyclic) bond motifs is 1. The molecular formula is C15H16N4. The average Bonchev–Trinajstić information content (AvgIpc) is 2.81. The van der Waals surface area contributed by atoms with E-state index in [0.29, 0.717) is 18.0 Å². The van der Waals surface area contributed by atoms with Gasteiger partial charge in [0.1, 0.15) is 0 Å². The van der Waals surface area contributed by atoms with Crippen molar-refractivity contribution in [1.29, 1.82) is 5.26 Å². The van der Waals surface area contributed by atoms with Crippen molar-refractivity contribution in [2.75, 3.05) is 0 Å². The molecule has 0 N–H and O–H groups in total. The van der Waals surface area contributed by atoms with E-state index in [9.17, 15) is 0 Å². The molecule has 4 nitrogen and oxygen atoms in total. The molecule has 1 heterocycles. The number of aromatic nitrogens is 3. The van der Waals surface area contributed by atoms with Gasteiger partial charge in [0.15, 0.2) is 0 Å². The van der Waals surface area contributed by atoms with Crippen LogP contribution in [0.15, 0.2) is 24.3 Å². The summed E-state index contributed by atoms with van der Waals surface area (Å²) in [6, 6.07) is 9.85. The van der Waals surface area contributed by atoms with Gasteiger partial charge in [-0.2, -0.15) is 5.26 Å². The maximum Gasteiger partial charge on any atom is 0.0991 e. The van der Waals surface area contributed by atoms with Gasteiger partial charge in [-0.1, -0.05) is 24.3 Å². The van der Waals surface area contributed by atoms with Gasteiger partial charge in [-0.05, 0) is 42.9 Å². The number of rotatable bonds is 2. The van der Waals surface area contributed by atoms with Crippen molar-refractivity contribution < 1.29 is 0 Å². The van der Waals surface area contributed by atoms with Crippen LogP contribution in [0.4, 0.5) is 0 Å². The molecule has 1 aromatic carbocycles. The van der Waals surface area contributed by atoms with Crippen molar-refractivity contribution in [2.24, 2.45) is 5.92 Å². The Hall–Kier alpha value is -2.15. The van der Waals surface area contributed by atoms with Gasteiger partial charge in [0.05, 0.1) is 29.6 Å². The first-order valence-corrected chi connectivity index (χ1v) is 6.66. The molecule has 0 radical (unpaired) electrons. The Kier molecular flexibility index (Phi) is 3.04. The van der Waals surface area contributed by atoms with Gasteiger partial charge in [0.25, 0.3) is 0 Å². The highest BCUT2D eigenvalue weighted by molar-refractivity contribution is 5.33. The summed E-state index contributed by atoms with van der Waals surface area (Å²) in [7, 11) is 0. The van der Waals surface area contributed by atoms with E-state index in [2.05, 4.69) is 23.3 Å². The Bertz CT molecular complexity index is 636. The van der Waals surface area contributed by atoms with Crippen molar-refractivity contribution in [3.05, 3.63) is 46.8 Å². The summed E-state index contributed by atoms with van der Waals surface area (Å²) in [5, 5.41) is 17.5. The minimum atomic E-state index is 0.695. The first-order chi connectivity index (χ1) is 9.26. The van der Waals surface area contributed by atoms with E-state index in [4.69, 9.17) is 5.26 Å². The van der Waals surface area contributed by atoms with Crippen LogP contribution in [-0.2, 0) is 19.4 Å². The van der Waals surface area contributed by atoms with Crippen LogP contribution in [-0.4, -0.2) is 15.0 Å². The van der Waals surface area contributed by atoms with E-state index >= 15 is 0 Å². The molecule has 2 aromatic rings. The second kappa shape index (κ2) is 4.85. The normalized spacial score (nSPS) is 17.8. The molecule has 1 aromatic heterocycles. The van der Waals surface area contributed by atoms with Gasteiger partial charge in [-0.15, -0.1) is 5.10 Å². The summed E-state index contributed by atoms with van der Waals surface area (Å²) >= 11 is 0. The highest BCUT2D eigenvalue weighted by Gasteiger charge is 2.21. The lowest BCUT2D eigenvalue weighted by atomic mass is 9.91. The first kappa shape index (κ1) is 11.9. The SMILES string of the molecule is CC1CCc2c(nnn2Cc2cccc(C#N)c2)C1. The highest BCUT2D eigenvalue weighted by atomic mass is 15.4. The molecule has 0 fully saturated rings. The molecule has 0 bridgehead atoms. The average molecular weight is 252 g/mol. The molecule has 0 spiro atoms. The van der Waals surface area contributed by atoms with E-state index in [1.807, 2.05) is 28.9 Å². The molecule has 96 valence electrons. The lowest BCUT2D eigenvalue weighted by Crippen LogP contribution is -2.15. The van der Waals surface area contributed by atoms with Crippen LogP contribution < -0.4 is 0 Å². The summed E-state index contributed by atoms with van der Waals surface area (Å²) in [6.45, 7) is 2.96. The van der Waals surface area contributed by atoms with Crippen LogP contribution in [0, 0.1) is 17.2 Å². The molecular weight excluding hydrogens is 236 g/mol. The van der Waals surface area contributed by atoms with Gasteiger partial charge in [0.2, 0.25) is 0 Å². The van der Waals surface area contributed by atoms with E-state index in [-0.39, 0.29) is 0 Å². The molecule has 1 aliphatic carbocycles. The van der Waals surface area contributed by atoms with Crippen LogP contribution in [0.1, 0.15) is 35.9 Å². The number of nitriles is 1. The second-order valence-electron chi connectivity index (χ2n) is 5.30. The van der Waals surface area contributed by atoms with Crippen molar-refractivity contribution >= 4 is 0 Å². The van der Waals surface area contributed by atoms with Crippen LogP contribution in [0.3, 0.4) is 0 Å². The standard InChI is InChI=1S/C15H16N4/c1-11-5-6-15-14(7-11)17-18-19(15)10-13-4-2-3-12(8-13)9-16/h2-4,8,11H,5-7,10H2,1H3. The second-order valence-corrected chi connectivity index (χ2v) is 5.30. The van der Waals surface area contributed by atoms with E-state index in [1.54, 1.807) is 0 Å². The summed E-state index contributed by atoms with van der Waals surface area (Å²) in [5.41, 5.74) is 4.21. The van der Waals surface area contributed by atoms with Crippen LogP contribution in [0.5, 0.6) is 0 Å². The zero-order valence-corrected chi connectivity index (χ0v) is 11.0. The van der Waals surface area contributed by atoms with Crippen LogP contribution in [0.2, 0.25) is 0 Å². The van der Waals surface area contributed by atoms with E-state index in [0.717, 1.165) is 24.1 Å². The molecule has 0 saturated carbocycles. The Labute approximate surface area is 112 Å². The summed E-state index contributed by atoms with van der Waals surface area (Å²) < 4.78 is 1.98. The number of nitrogens with zero attached hydrogens (tertiary/aromatic N) is 4. The van der Waals surface area contributed by atoms with Gasteiger partial charge in [-0.25, -0.2) is 4.68 Å². The molecule has 1 aliphatic rings. The Morgan fingerprint density at radius 1 is 1.47 bits per heavy atom. The fraction of sp³-hybridized carbons (Fsp3) is 0.400. The lowest BCUT2D eigenvalue weighted by Gasteiger charge is -2.17. The van der Waals surface area contributed by atoms with Crippen LogP contribution in [0.25, 0.3) is 0 Å². The Balaban J connectivity index is 1.86. The van der Waals surface area contributed by atoms with Gasteiger partial charge >= 0.3 is 0 Å². The molecule has 0 amide bonds. The molecule has 1 atom stereocenters. The predicted octanol–water partition coefficient (Wildman–Crippen LogP) is 2.32. The Morgan fingerprint density at radius 3 is 3.21 bits per heavy atom. The zero-order valence-electron chi connectivity index (χ0n) is 11.0. The first-order valence-electron chi connectivity index (χ1n) is 6.66. The van der Waals surface area contributed by atoms with Crippen molar-refractivity contribution in [3.63, 3.8) is 0 Å². The lowest BCUT2D eigenvalue weighted by molar-refractivity contribution is 0.480. The molecule has 0 saturated heterocycles. The highest BCUT2D eigenvalue weighted by Crippen LogP contribution is 2.23. The maximum atomic E-state index is 8.92. The third-order valence-corrected chi connectivity index (χ3v) is 3.72. The maximum absolute atomic E-state index is 8.92. The van der Waals surface area contributed by atoms with Crippen molar-refractivity contribution in [2.45, 2.75) is 32.7 Å². The zero-order chi connectivity index (χ0) is 13.2. The van der Waals surface area contributed by atoms with Gasteiger partial charge in [0, 0.05) is 0 Å². The Morgan fingerprint density at radius 2 is 2.37 bits per heavy atom. The minimum absolute atomic E-state index is 0.695. The number of hydrogen-bond donors (Lipinski definition) is 0. The molecule has 1 unspecified atom stereocenters. The minimum Gasteiger partial charge on any atom is -0.245 e. The molecule has 19 heavy (non-hydrogen) atoms.